The van der Waals surface area contributed by atoms with Gasteiger partial charge in [0.1, 0.15) is 12.6 Å². The van der Waals surface area contributed by atoms with Crippen molar-refractivity contribution in [3.8, 4) is 0 Å². The van der Waals surface area contributed by atoms with Gasteiger partial charge in [-0.2, -0.15) is 0 Å². The summed E-state index contributed by atoms with van der Waals surface area (Å²) in [5.74, 6) is -0.779. The van der Waals surface area contributed by atoms with Gasteiger partial charge in [-0.1, -0.05) is 91.2 Å². The van der Waals surface area contributed by atoms with Gasteiger partial charge in [0.05, 0.1) is 10.6 Å². The van der Waals surface area contributed by atoms with Gasteiger partial charge in [-0.15, -0.1) is 0 Å². The van der Waals surface area contributed by atoms with Crippen LogP contribution in [-0.2, 0) is 32.6 Å². The van der Waals surface area contributed by atoms with E-state index < -0.39 is 28.5 Å². The van der Waals surface area contributed by atoms with E-state index in [1.807, 2.05) is 88.4 Å². The van der Waals surface area contributed by atoms with E-state index >= 15 is 0 Å². The minimum atomic E-state index is -4.20. The van der Waals surface area contributed by atoms with Crippen LogP contribution in [0.4, 0.5) is 5.69 Å². The summed E-state index contributed by atoms with van der Waals surface area (Å²) in [6, 6.07) is 27.6. The van der Waals surface area contributed by atoms with Crippen molar-refractivity contribution >= 4 is 39.1 Å². The minimum absolute atomic E-state index is 0.00570. The van der Waals surface area contributed by atoms with Crippen LogP contribution in [0.1, 0.15) is 47.6 Å². The molecule has 9 heteroatoms. The average Bonchev–Trinajstić information content (AvgIpc) is 3.04. The number of carbonyl (C=O) groups is 2. The topological polar surface area (TPSA) is 86.8 Å². The number of anilines is 1. The Morgan fingerprint density at radius 1 is 0.826 bits per heavy atom. The molecular formula is C37H42ClN3O4S. The van der Waals surface area contributed by atoms with Gasteiger partial charge in [-0.3, -0.25) is 13.9 Å². The minimum Gasteiger partial charge on any atom is -0.354 e. The predicted octanol–water partition coefficient (Wildman–Crippen LogP) is 7.02. The first-order valence-corrected chi connectivity index (χ1v) is 17.3. The maximum atomic E-state index is 14.6. The van der Waals surface area contributed by atoms with Gasteiger partial charge in [-0.05, 0) is 85.8 Å². The zero-order valence-corrected chi connectivity index (χ0v) is 28.4. The van der Waals surface area contributed by atoms with Crippen LogP contribution >= 0.6 is 11.6 Å². The molecule has 0 saturated carbocycles. The molecule has 1 N–H and O–H groups in total. The van der Waals surface area contributed by atoms with Crippen LogP contribution < -0.4 is 9.62 Å². The molecule has 0 bridgehead atoms. The number of nitrogens with zero attached hydrogens (tertiary/aromatic N) is 2. The van der Waals surface area contributed by atoms with Crippen LogP contribution in [0, 0.1) is 20.8 Å². The summed E-state index contributed by atoms with van der Waals surface area (Å²) < 4.78 is 29.5. The Kier molecular flexibility index (Phi) is 12.0. The summed E-state index contributed by atoms with van der Waals surface area (Å²) in [5, 5.41) is 3.42. The van der Waals surface area contributed by atoms with Gasteiger partial charge in [0, 0.05) is 24.5 Å². The van der Waals surface area contributed by atoms with Gasteiger partial charge in [0.15, 0.2) is 0 Å². The third kappa shape index (κ3) is 8.98. The molecule has 4 aromatic rings. The molecule has 0 aliphatic heterocycles. The van der Waals surface area contributed by atoms with Crippen LogP contribution in [-0.4, -0.2) is 44.3 Å². The first kappa shape index (κ1) is 34.7. The molecule has 7 nitrogen and oxygen atoms in total. The SMILES string of the molecule is CCCCNC(=O)C(Cc1ccccc1)N(Cc1ccc(C)cc1)C(=O)CN(c1ccc(C)c(C)c1)S(=O)(=O)c1ccc(Cl)cc1. The molecule has 46 heavy (non-hydrogen) atoms. The summed E-state index contributed by atoms with van der Waals surface area (Å²) >= 11 is 6.08. The fourth-order valence-electron chi connectivity index (χ4n) is 5.09. The number of unbranched alkanes of at least 4 members (excludes halogenated alkanes) is 1. The Morgan fingerprint density at radius 3 is 2.13 bits per heavy atom. The van der Waals surface area contributed by atoms with Crippen molar-refractivity contribution in [3.63, 3.8) is 0 Å². The molecule has 0 aliphatic rings. The molecule has 0 aliphatic carbocycles. The van der Waals surface area contributed by atoms with Crippen LogP contribution in [0.5, 0.6) is 0 Å². The van der Waals surface area contributed by atoms with E-state index in [1.165, 1.54) is 29.2 Å². The lowest BCUT2D eigenvalue weighted by Crippen LogP contribution is -2.53. The van der Waals surface area contributed by atoms with Crippen molar-refractivity contribution in [3.05, 3.63) is 130 Å². The zero-order chi connectivity index (χ0) is 33.3. The Hall–Kier alpha value is -4.14. The molecule has 2 amide bonds. The predicted molar refractivity (Wildman–Crippen MR) is 185 cm³/mol. The average molecular weight is 660 g/mol. The Labute approximate surface area is 278 Å². The van der Waals surface area contributed by atoms with Crippen molar-refractivity contribution in [1.29, 1.82) is 0 Å². The lowest BCUT2D eigenvalue weighted by Gasteiger charge is -2.34. The van der Waals surface area contributed by atoms with Gasteiger partial charge in [0.25, 0.3) is 10.0 Å². The number of halogens is 1. The summed E-state index contributed by atoms with van der Waals surface area (Å²) in [4.78, 5) is 29.9. The molecule has 0 spiro atoms. The highest BCUT2D eigenvalue weighted by molar-refractivity contribution is 7.92. The second-order valence-electron chi connectivity index (χ2n) is 11.6. The van der Waals surface area contributed by atoms with Gasteiger partial charge in [-0.25, -0.2) is 8.42 Å². The van der Waals surface area contributed by atoms with E-state index in [-0.39, 0.29) is 23.8 Å². The second kappa shape index (κ2) is 15.9. The standard InChI is InChI=1S/C37H42ClN3O4S/c1-5-6-22-39-37(43)35(24-30-10-8-7-9-11-30)40(25-31-15-12-27(2)13-16-31)36(42)26-41(33-19-14-28(3)29(4)23-33)46(44,45)34-20-17-32(38)18-21-34/h7-21,23,35H,5-6,22,24-26H2,1-4H3,(H,39,43). The number of nitrogens with one attached hydrogen (secondary N) is 1. The van der Waals surface area contributed by atoms with Crippen molar-refractivity contribution < 1.29 is 18.0 Å². The Balaban J connectivity index is 1.80. The molecule has 4 rings (SSSR count). The van der Waals surface area contributed by atoms with E-state index in [2.05, 4.69) is 5.32 Å². The summed E-state index contributed by atoms with van der Waals surface area (Å²) in [7, 11) is -4.20. The molecule has 1 atom stereocenters. The molecule has 1 unspecified atom stereocenters. The van der Waals surface area contributed by atoms with E-state index in [0.717, 1.165) is 45.0 Å². The van der Waals surface area contributed by atoms with Crippen LogP contribution in [0.3, 0.4) is 0 Å². The molecular weight excluding hydrogens is 618 g/mol. The quantitative estimate of drug-likeness (QED) is 0.148. The first-order valence-electron chi connectivity index (χ1n) is 15.5. The van der Waals surface area contributed by atoms with Crippen molar-refractivity contribution in [2.45, 2.75) is 64.4 Å². The van der Waals surface area contributed by atoms with Crippen molar-refractivity contribution in [1.82, 2.24) is 10.2 Å². The summed E-state index contributed by atoms with van der Waals surface area (Å²) in [6.07, 6.45) is 1.97. The second-order valence-corrected chi connectivity index (χ2v) is 13.9. The fraction of sp³-hybridized carbons (Fsp3) is 0.297. The van der Waals surface area contributed by atoms with Gasteiger partial charge in [0.2, 0.25) is 11.8 Å². The zero-order valence-electron chi connectivity index (χ0n) is 26.9. The maximum absolute atomic E-state index is 14.6. The highest BCUT2D eigenvalue weighted by Gasteiger charge is 2.34. The summed E-state index contributed by atoms with van der Waals surface area (Å²) in [5.41, 5.74) is 5.02. The number of hydrogen-bond donors (Lipinski definition) is 1. The van der Waals surface area contributed by atoms with E-state index in [0.29, 0.717) is 17.3 Å². The monoisotopic (exact) mass is 659 g/mol. The maximum Gasteiger partial charge on any atom is 0.264 e. The smallest absolute Gasteiger partial charge is 0.264 e. The van der Waals surface area contributed by atoms with Crippen molar-refractivity contribution in [2.24, 2.45) is 0 Å². The van der Waals surface area contributed by atoms with E-state index in [4.69, 9.17) is 11.6 Å². The van der Waals surface area contributed by atoms with Crippen LogP contribution in [0.2, 0.25) is 5.02 Å². The highest BCUT2D eigenvalue weighted by Crippen LogP contribution is 2.27. The lowest BCUT2D eigenvalue weighted by atomic mass is 10.0. The Morgan fingerprint density at radius 2 is 1.50 bits per heavy atom. The molecule has 0 heterocycles. The van der Waals surface area contributed by atoms with E-state index in [9.17, 15) is 18.0 Å². The summed E-state index contributed by atoms with van der Waals surface area (Å²) in [6.45, 7) is 7.96. The molecule has 0 fully saturated rings. The number of amides is 2. The number of carbonyl (C=O) groups excluding carboxylic acids is 2. The number of sulfonamides is 1. The molecule has 242 valence electrons. The molecule has 0 radical (unpaired) electrons. The lowest BCUT2D eigenvalue weighted by molar-refractivity contribution is -0.140. The number of rotatable bonds is 14. The molecule has 0 saturated heterocycles. The van der Waals surface area contributed by atoms with Gasteiger partial charge < -0.3 is 10.2 Å². The van der Waals surface area contributed by atoms with E-state index in [1.54, 1.807) is 12.1 Å². The Bertz CT molecular complexity index is 1730. The number of aryl methyl sites for hydroxylation is 3. The first-order chi connectivity index (χ1) is 22.0. The fourth-order valence-corrected chi connectivity index (χ4v) is 6.63. The van der Waals surface area contributed by atoms with Gasteiger partial charge >= 0.3 is 0 Å². The third-order valence-corrected chi connectivity index (χ3v) is 10.1. The van der Waals surface area contributed by atoms with Crippen molar-refractivity contribution in [2.75, 3.05) is 17.4 Å². The van der Waals surface area contributed by atoms with Crippen LogP contribution in [0.15, 0.2) is 102 Å². The third-order valence-electron chi connectivity index (χ3n) is 8.03. The molecule has 4 aromatic carbocycles. The highest BCUT2D eigenvalue weighted by atomic mass is 35.5. The normalized spacial score (nSPS) is 11.9. The number of benzene rings is 4. The molecule has 0 aromatic heterocycles. The van der Waals surface area contributed by atoms with Crippen LogP contribution in [0.25, 0.3) is 0 Å². The number of hydrogen-bond acceptors (Lipinski definition) is 4. The largest absolute Gasteiger partial charge is 0.354 e.